The van der Waals surface area contributed by atoms with Crippen LogP contribution in [0.1, 0.15) is 0 Å². The summed E-state index contributed by atoms with van der Waals surface area (Å²) in [6.45, 7) is 0. The molecule has 0 bridgehead atoms. The van der Waals surface area contributed by atoms with E-state index in [0.717, 1.165) is 0 Å². The topological polar surface area (TPSA) is 115 Å². The summed E-state index contributed by atoms with van der Waals surface area (Å²) in [5.74, 6) is 0. The van der Waals surface area contributed by atoms with Crippen LogP contribution in [-0.2, 0) is 4.46 Å². The molecule has 0 aromatic heterocycles. The van der Waals surface area contributed by atoms with Gasteiger partial charge in [-0.2, -0.15) is 0 Å². The van der Waals surface area contributed by atoms with Gasteiger partial charge in [0.15, 0.2) is 17.4 Å². The van der Waals surface area contributed by atoms with E-state index in [2.05, 4.69) is 0 Å². The molecule has 0 saturated heterocycles. The Labute approximate surface area is 98.5 Å². The van der Waals surface area contributed by atoms with Gasteiger partial charge in [0.05, 0.1) is 0 Å². The molecule has 0 aliphatic heterocycles. The quantitative estimate of drug-likeness (QED) is 0.310. The van der Waals surface area contributed by atoms with Crippen molar-refractivity contribution in [2.45, 2.75) is 0 Å². The maximum atomic E-state index is 8.74. The van der Waals surface area contributed by atoms with E-state index in [9.17, 15) is 0 Å². The van der Waals surface area contributed by atoms with Crippen molar-refractivity contribution < 1.29 is 29.1 Å². The zero-order valence-electron chi connectivity index (χ0n) is 3.61. The number of hydrogen-bond acceptors (Lipinski definition) is 2. The zero-order chi connectivity index (χ0) is 7.15. The van der Waals surface area contributed by atoms with Gasteiger partial charge in [0, 0.05) is 0 Å². The average molecular weight is 212 g/mol. The Morgan fingerprint density at radius 3 is 1.20 bits per heavy atom. The minimum atomic E-state index is -3.13. The number of carbonyl (C=O) groups is 1. The molecule has 0 atom stereocenters. The second-order valence-electron chi connectivity index (χ2n) is 0.565. The molecule has 6 nitrogen and oxygen atoms in total. The Hall–Kier alpha value is 0.679. The monoisotopic (exact) mass is 212 g/mol. The number of rotatable bonds is 0. The minimum absolute atomic E-state index is 0. The first kappa shape index (κ1) is 22.4. The van der Waals surface area contributed by atoms with Crippen molar-refractivity contribution in [1.82, 2.24) is 0 Å². The normalized spacial score (nSPS) is 4.80. The van der Waals surface area contributed by atoms with Crippen molar-refractivity contribution in [3.63, 3.8) is 0 Å². The maximum absolute atomic E-state index is 8.74. The predicted octanol–water partition coefficient (Wildman–Crippen LogP) is -3.49. The van der Waals surface area contributed by atoms with Crippen LogP contribution in [0.4, 0.5) is 4.79 Å². The van der Waals surface area contributed by atoms with E-state index >= 15 is 0 Å². The van der Waals surface area contributed by atoms with Gasteiger partial charge in [-0.25, -0.2) is 4.79 Å². The van der Waals surface area contributed by atoms with E-state index in [-0.39, 0.29) is 55.1 Å². The van der Waals surface area contributed by atoms with Crippen molar-refractivity contribution in [3.8, 4) is 0 Å². The summed E-state index contributed by atoms with van der Waals surface area (Å²) in [7, 11) is -3.13. The van der Waals surface area contributed by atoms with Crippen LogP contribution < -0.4 is 0 Å². The van der Waals surface area contributed by atoms with Crippen LogP contribution in [0.2, 0.25) is 0 Å². The third-order valence-corrected chi connectivity index (χ3v) is 0. The summed E-state index contributed by atoms with van der Waals surface area (Å²) in [5.41, 5.74) is 0. The molecule has 0 aliphatic rings. The molecule has 0 saturated carbocycles. The summed E-state index contributed by atoms with van der Waals surface area (Å²) in [6.07, 6.45) is -1.83. The van der Waals surface area contributed by atoms with Crippen molar-refractivity contribution in [3.05, 3.63) is 0 Å². The molecule has 0 unspecified atom stereocenters. The molecule has 9 heteroatoms. The van der Waals surface area contributed by atoms with E-state index in [1.807, 2.05) is 0 Å². The summed E-state index contributed by atoms with van der Waals surface area (Å²) in [5, 5.41) is 13.9. The van der Waals surface area contributed by atoms with Crippen LogP contribution in [0.3, 0.4) is 0 Å². The Bertz CT molecular complexity index is 75.7. The van der Waals surface area contributed by atoms with Gasteiger partial charge >= 0.3 is 53.1 Å². The van der Waals surface area contributed by atoms with E-state index in [1.165, 1.54) is 0 Å². The molecule has 0 fully saturated rings. The molecular formula is CH9AlCaO6Si. The van der Waals surface area contributed by atoms with Crippen LogP contribution in [0.5, 0.6) is 0 Å². The van der Waals surface area contributed by atoms with Gasteiger partial charge in [-0.15, -0.1) is 0 Å². The van der Waals surface area contributed by atoms with Gasteiger partial charge in [0.25, 0.3) is 0 Å². The van der Waals surface area contributed by atoms with E-state index < -0.39 is 15.3 Å². The van der Waals surface area contributed by atoms with E-state index in [4.69, 9.17) is 29.1 Å². The first-order chi connectivity index (χ1) is 3.46. The van der Waals surface area contributed by atoms with Crippen LogP contribution in [-0.4, -0.2) is 90.2 Å². The second kappa shape index (κ2) is 16.3. The van der Waals surface area contributed by atoms with Crippen LogP contribution >= 0.6 is 0 Å². The first-order valence-corrected chi connectivity index (χ1v) is 2.61. The fraction of sp³-hybridized carbons (Fsp3) is 0. The Morgan fingerprint density at radius 2 is 1.20 bits per heavy atom. The van der Waals surface area contributed by atoms with Gasteiger partial charge in [-0.1, -0.05) is 0 Å². The van der Waals surface area contributed by atoms with Gasteiger partial charge in [-0.3, -0.25) is 4.46 Å². The Kier molecular flexibility index (Phi) is 36.7. The number of hydrogen-bond donors (Lipinski definition) is 4. The average Bonchev–Trinajstić information content (AvgIpc) is 1.25. The van der Waals surface area contributed by atoms with Crippen molar-refractivity contribution in [1.29, 1.82) is 0 Å². The van der Waals surface area contributed by atoms with E-state index in [1.54, 1.807) is 0 Å². The predicted molar refractivity (Wildman–Crippen MR) is 40.0 cm³/mol. The standard InChI is InChI=1S/CH2O3.Al.Ca.H2O3Si.5H/c2-1(3)4;;;1-4(2)3;;;;;/h(H2,2,3,4);;;1-2H;;;;;. The van der Waals surface area contributed by atoms with Gasteiger partial charge in [0.2, 0.25) is 0 Å². The fourth-order valence-electron chi connectivity index (χ4n) is 0. The molecule has 0 heterocycles. The van der Waals surface area contributed by atoms with Crippen molar-refractivity contribution in [2.75, 3.05) is 0 Å². The fourth-order valence-corrected chi connectivity index (χ4v) is 0. The third-order valence-electron chi connectivity index (χ3n) is 0. The molecule has 0 aromatic carbocycles. The second-order valence-corrected chi connectivity index (χ2v) is 1.13. The van der Waals surface area contributed by atoms with Gasteiger partial charge in [-0.05, 0) is 0 Å². The molecular weight excluding hydrogens is 203 g/mol. The van der Waals surface area contributed by atoms with E-state index in [0.29, 0.717) is 0 Å². The molecule has 10 heavy (non-hydrogen) atoms. The van der Waals surface area contributed by atoms with Crippen molar-refractivity contribution in [2.24, 2.45) is 0 Å². The molecule has 58 valence electrons. The van der Waals surface area contributed by atoms with Crippen LogP contribution in [0.25, 0.3) is 0 Å². The SMILES string of the molecule is O=C(O)O.O=[Si](O)O.[AlH3].[CaH2]. The molecule has 4 N–H and O–H groups in total. The van der Waals surface area contributed by atoms with Gasteiger partial charge in [0.1, 0.15) is 0 Å². The third kappa shape index (κ3) is 1110. The van der Waals surface area contributed by atoms with Crippen molar-refractivity contribution >= 4 is 70.4 Å². The molecule has 0 aromatic rings. The number of carboxylic acid groups (broad SMARTS) is 2. The molecule has 0 radical (unpaired) electrons. The Balaban J connectivity index is -0.0000000300. The molecule has 0 rings (SSSR count). The molecule has 0 aliphatic carbocycles. The molecule has 0 amide bonds. The van der Waals surface area contributed by atoms with Crippen LogP contribution in [0, 0.1) is 0 Å². The molecule has 0 spiro atoms. The first-order valence-electron chi connectivity index (χ1n) is 1.30. The zero-order valence-corrected chi connectivity index (χ0v) is 4.61. The summed E-state index contributed by atoms with van der Waals surface area (Å²) in [4.78, 5) is 22.9. The summed E-state index contributed by atoms with van der Waals surface area (Å²) >= 11 is 0. The summed E-state index contributed by atoms with van der Waals surface area (Å²) < 4.78 is 8.74. The summed E-state index contributed by atoms with van der Waals surface area (Å²) in [6, 6.07) is 0. The van der Waals surface area contributed by atoms with Crippen LogP contribution in [0.15, 0.2) is 0 Å². The Morgan fingerprint density at radius 1 is 1.20 bits per heavy atom. The van der Waals surface area contributed by atoms with Gasteiger partial charge < -0.3 is 19.8 Å².